The molecule has 1 aromatic rings. The maximum absolute atomic E-state index is 10.3. The van der Waals surface area contributed by atoms with Gasteiger partial charge in [0, 0.05) is 13.0 Å². The Hall–Kier alpha value is -1.35. The van der Waals surface area contributed by atoms with E-state index < -0.39 is 5.97 Å². The van der Waals surface area contributed by atoms with Gasteiger partial charge in [0.1, 0.15) is 0 Å². The molecule has 0 aromatic heterocycles. The van der Waals surface area contributed by atoms with E-state index in [0.717, 1.165) is 19.5 Å². The molecule has 0 aliphatic carbocycles. The zero-order chi connectivity index (χ0) is 12.5. The molecular formula is C14H21NO2. The van der Waals surface area contributed by atoms with E-state index in [4.69, 9.17) is 5.11 Å². The first-order valence-electron chi connectivity index (χ1n) is 6.21. The van der Waals surface area contributed by atoms with Crippen LogP contribution in [0.1, 0.15) is 37.7 Å². The fourth-order valence-corrected chi connectivity index (χ4v) is 1.86. The molecule has 1 rings (SSSR count). The fraction of sp³-hybridized carbons (Fsp3) is 0.500. The van der Waals surface area contributed by atoms with Crippen molar-refractivity contribution in [1.82, 2.24) is 5.32 Å². The van der Waals surface area contributed by atoms with E-state index in [2.05, 4.69) is 36.5 Å². The van der Waals surface area contributed by atoms with Crippen molar-refractivity contribution in [1.29, 1.82) is 0 Å². The molecule has 0 saturated carbocycles. The van der Waals surface area contributed by atoms with E-state index in [1.54, 1.807) is 0 Å². The van der Waals surface area contributed by atoms with Crippen LogP contribution in [0.2, 0.25) is 0 Å². The average Bonchev–Trinajstić information content (AvgIpc) is 2.34. The number of hydrogen-bond acceptors (Lipinski definition) is 2. The van der Waals surface area contributed by atoms with Gasteiger partial charge < -0.3 is 10.4 Å². The van der Waals surface area contributed by atoms with Crippen molar-refractivity contribution < 1.29 is 9.90 Å². The summed E-state index contributed by atoms with van der Waals surface area (Å²) in [5.41, 5.74) is 1.35. The number of nitrogens with one attached hydrogen (secondary N) is 1. The third kappa shape index (κ3) is 5.50. The topological polar surface area (TPSA) is 49.3 Å². The molecule has 0 radical (unpaired) electrons. The molecule has 1 aromatic carbocycles. The highest BCUT2D eigenvalue weighted by Crippen LogP contribution is 2.17. The fourth-order valence-electron chi connectivity index (χ4n) is 1.86. The number of hydrogen-bond donors (Lipinski definition) is 2. The number of carbonyl (C=O) groups is 1. The summed E-state index contributed by atoms with van der Waals surface area (Å²) >= 11 is 0. The average molecular weight is 235 g/mol. The van der Waals surface area contributed by atoms with Crippen molar-refractivity contribution >= 4 is 5.97 Å². The molecule has 17 heavy (non-hydrogen) atoms. The summed E-state index contributed by atoms with van der Waals surface area (Å²) in [6.07, 6.45) is 2.03. The van der Waals surface area contributed by atoms with Crippen LogP contribution in [0.5, 0.6) is 0 Å². The van der Waals surface area contributed by atoms with Gasteiger partial charge in [-0.1, -0.05) is 37.3 Å². The van der Waals surface area contributed by atoms with Gasteiger partial charge >= 0.3 is 5.97 Å². The lowest BCUT2D eigenvalue weighted by molar-refractivity contribution is -0.137. The van der Waals surface area contributed by atoms with Gasteiger partial charge in [0.25, 0.3) is 0 Å². The van der Waals surface area contributed by atoms with E-state index in [1.807, 2.05) is 6.07 Å². The Bertz CT molecular complexity index is 324. The van der Waals surface area contributed by atoms with E-state index in [0.29, 0.717) is 12.3 Å². The smallest absolute Gasteiger partial charge is 0.303 e. The van der Waals surface area contributed by atoms with Crippen LogP contribution in [0.3, 0.4) is 0 Å². The molecule has 3 heteroatoms. The lowest BCUT2D eigenvalue weighted by Gasteiger charge is -2.16. The maximum Gasteiger partial charge on any atom is 0.303 e. The van der Waals surface area contributed by atoms with Crippen LogP contribution in [0.4, 0.5) is 0 Å². The van der Waals surface area contributed by atoms with Gasteiger partial charge in [-0.2, -0.15) is 0 Å². The van der Waals surface area contributed by atoms with E-state index in [1.165, 1.54) is 5.56 Å². The minimum absolute atomic E-state index is 0.245. The summed E-state index contributed by atoms with van der Waals surface area (Å²) in [4.78, 5) is 10.3. The summed E-state index contributed by atoms with van der Waals surface area (Å²) in [5.74, 6) is -0.206. The third-order valence-corrected chi connectivity index (χ3v) is 2.90. The first kappa shape index (κ1) is 13.7. The van der Waals surface area contributed by atoms with Crippen molar-refractivity contribution in [2.45, 2.75) is 32.1 Å². The molecule has 0 fully saturated rings. The molecule has 3 nitrogen and oxygen atoms in total. The maximum atomic E-state index is 10.3. The zero-order valence-electron chi connectivity index (χ0n) is 10.4. The zero-order valence-corrected chi connectivity index (χ0v) is 10.4. The molecule has 1 unspecified atom stereocenters. The predicted octanol–water partition coefficient (Wildman–Crippen LogP) is 2.63. The van der Waals surface area contributed by atoms with Crippen LogP contribution in [0, 0.1) is 0 Å². The van der Waals surface area contributed by atoms with Gasteiger partial charge in [0.15, 0.2) is 0 Å². The predicted molar refractivity (Wildman–Crippen MR) is 69.2 cm³/mol. The molecule has 0 aliphatic heterocycles. The normalized spacial score (nSPS) is 12.3. The molecule has 0 bridgehead atoms. The largest absolute Gasteiger partial charge is 0.481 e. The van der Waals surface area contributed by atoms with Crippen LogP contribution in [-0.2, 0) is 4.79 Å². The summed E-state index contributed by atoms with van der Waals surface area (Å²) in [7, 11) is 0. The lowest BCUT2D eigenvalue weighted by atomic mass is 9.96. The molecule has 2 N–H and O–H groups in total. The van der Waals surface area contributed by atoms with Crippen molar-refractivity contribution in [3.05, 3.63) is 35.9 Å². The third-order valence-electron chi connectivity index (χ3n) is 2.90. The second-order valence-electron chi connectivity index (χ2n) is 4.22. The Balaban J connectivity index is 2.26. The molecule has 0 heterocycles. The lowest BCUT2D eigenvalue weighted by Crippen LogP contribution is -2.22. The monoisotopic (exact) mass is 235 g/mol. The second kappa shape index (κ2) is 7.85. The Labute approximate surface area is 103 Å². The van der Waals surface area contributed by atoms with Crippen LogP contribution in [0.15, 0.2) is 30.3 Å². The Morgan fingerprint density at radius 1 is 1.35 bits per heavy atom. The number of rotatable bonds is 8. The molecule has 0 amide bonds. The summed E-state index contributed by atoms with van der Waals surface area (Å²) in [6, 6.07) is 10.4. The van der Waals surface area contributed by atoms with Crippen molar-refractivity contribution in [3.63, 3.8) is 0 Å². The first-order valence-corrected chi connectivity index (χ1v) is 6.21. The van der Waals surface area contributed by atoms with Crippen LogP contribution in [-0.4, -0.2) is 24.2 Å². The molecular weight excluding hydrogens is 214 g/mol. The quantitative estimate of drug-likeness (QED) is 0.681. The second-order valence-corrected chi connectivity index (χ2v) is 4.22. The van der Waals surface area contributed by atoms with Crippen LogP contribution < -0.4 is 5.32 Å². The van der Waals surface area contributed by atoms with E-state index >= 15 is 0 Å². The van der Waals surface area contributed by atoms with Gasteiger partial charge in [-0.3, -0.25) is 4.79 Å². The number of aliphatic carboxylic acids is 1. The van der Waals surface area contributed by atoms with Gasteiger partial charge in [-0.05, 0) is 30.9 Å². The number of carboxylic acids is 1. The van der Waals surface area contributed by atoms with Gasteiger partial charge in [-0.25, -0.2) is 0 Å². The summed E-state index contributed by atoms with van der Waals surface area (Å²) in [5, 5.41) is 11.8. The van der Waals surface area contributed by atoms with Crippen molar-refractivity contribution in [3.8, 4) is 0 Å². The van der Waals surface area contributed by atoms with Gasteiger partial charge in [-0.15, -0.1) is 0 Å². The van der Waals surface area contributed by atoms with Gasteiger partial charge in [0.2, 0.25) is 0 Å². The van der Waals surface area contributed by atoms with Crippen LogP contribution in [0.25, 0.3) is 0 Å². The summed E-state index contributed by atoms with van der Waals surface area (Å²) < 4.78 is 0. The highest BCUT2D eigenvalue weighted by molar-refractivity contribution is 5.66. The molecule has 0 saturated heterocycles. The minimum Gasteiger partial charge on any atom is -0.481 e. The SMILES string of the molecule is CCC(CNCCCC(=O)O)c1ccccc1. The molecule has 94 valence electrons. The Kier molecular flexibility index (Phi) is 6.33. The van der Waals surface area contributed by atoms with E-state index in [9.17, 15) is 4.79 Å². The highest BCUT2D eigenvalue weighted by Gasteiger charge is 2.07. The van der Waals surface area contributed by atoms with Crippen LogP contribution >= 0.6 is 0 Å². The number of carboxylic acid groups (broad SMARTS) is 1. The molecule has 1 atom stereocenters. The summed E-state index contributed by atoms with van der Waals surface area (Å²) in [6.45, 7) is 3.87. The van der Waals surface area contributed by atoms with E-state index in [-0.39, 0.29) is 6.42 Å². The molecule has 0 spiro atoms. The number of benzene rings is 1. The minimum atomic E-state index is -0.720. The van der Waals surface area contributed by atoms with Crippen molar-refractivity contribution in [2.75, 3.05) is 13.1 Å². The van der Waals surface area contributed by atoms with Gasteiger partial charge in [0.05, 0.1) is 0 Å². The molecule has 0 aliphatic rings. The Morgan fingerprint density at radius 3 is 2.65 bits per heavy atom. The standard InChI is InChI=1S/C14H21NO2/c1-2-12(13-7-4-3-5-8-13)11-15-10-6-9-14(16)17/h3-5,7-8,12,15H,2,6,9-11H2,1H3,(H,16,17). The Morgan fingerprint density at radius 2 is 2.06 bits per heavy atom. The highest BCUT2D eigenvalue weighted by atomic mass is 16.4. The van der Waals surface area contributed by atoms with Crippen molar-refractivity contribution in [2.24, 2.45) is 0 Å². The first-order chi connectivity index (χ1) is 8.24.